The third kappa shape index (κ3) is 5.30. The molecule has 0 amide bonds. The highest BCUT2D eigenvalue weighted by Crippen LogP contribution is 2.47. The smallest absolute Gasteiger partial charge is 0.119 e. The molecule has 0 saturated carbocycles. The standard InChI is InChI=1S/C24H37N10P/c1-7-21(8-2)33-14-19(13-28-33)24-23-9-10-27-34(23)17-22(29-24)18(11-25)12-26-20-15-32(16-20)35(30(3)4)31(5)6/h9-14,17,20-21H,7-8,15-16,25H2,1-6H3. The molecule has 0 radical (unpaired) electrons. The van der Waals surface area contributed by atoms with Gasteiger partial charge >= 0.3 is 0 Å². The summed E-state index contributed by atoms with van der Waals surface area (Å²) in [6.45, 7) is 6.24. The lowest BCUT2D eigenvalue weighted by Gasteiger charge is -2.46. The zero-order chi connectivity index (χ0) is 25.1. The number of nitrogens with two attached hydrogens (primary N) is 1. The Morgan fingerprint density at radius 3 is 2.51 bits per heavy atom. The minimum absolute atomic E-state index is 0.251. The molecular weight excluding hydrogens is 459 g/mol. The number of hydrogen-bond acceptors (Lipinski definition) is 8. The number of rotatable bonds is 10. The van der Waals surface area contributed by atoms with Crippen LogP contribution in [0.2, 0.25) is 0 Å². The van der Waals surface area contributed by atoms with E-state index in [1.807, 2.05) is 33.9 Å². The van der Waals surface area contributed by atoms with Crippen molar-refractivity contribution in [3.05, 3.63) is 42.7 Å². The summed E-state index contributed by atoms with van der Waals surface area (Å²) in [4.78, 5) is 9.80. The van der Waals surface area contributed by atoms with Crippen molar-refractivity contribution < 1.29 is 0 Å². The highest BCUT2D eigenvalue weighted by Gasteiger charge is 2.34. The van der Waals surface area contributed by atoms with Gasteiger partial charge in [-0.3, -0.25) is 23.7 Å². The number of allylic oxidation sites excluding steroid dienone is 1. The minimum atomic E-state index is -0.448. The first-order valence-electron chi connectivity index (χ1n) is 12.1. The van der Waals surface area contributed by atoms with Crippen molar-refractivity contribution in [3.63, 3.8) is 0 Å². The summed E-state index contributed by atoms with van der Waals surface area (Å²) in [6, 6.07) is 2.60. The average Bonchev–Trinajstić information content (AvgIpc) is 3.47. The quantitative estimate of drug-likeness (QED) is 0.340. The number of nitrogens with zero attached hydrogens (tertiary/aromatic N) is 9. The summed E-state index contributed by atoms with van der Waals surface area (Å²) in [5.41, 5.74) is 10.3. The van der Waals surface area contributed by atoms with Gasteiger partial charge in [-0.1, -0.05) is 13.8 Å². The molecule has 1 aliphatic rings. The Morgan fingerprint density at radius 1 is 1.17 bits per heavy atom. The molecule has 3 aromatic rings. The fraction of sp³-hybridized carbons (Fsp3) is 0.500. The van der Waals surface area contributed by atoms with E-state index in [4.69, 9.17) is 15.7 Å². The highest BCUT2D eigenvalue weighted by molar-refractivity contribution is 7.50. The predicted octanol–water partition coefficient (Wildman–Crippen LogP) is 3.36. The van der Waals surface area contributed by atoms with Crippen molar-refractivity contribution in [3.8, 4) is 11.3 Å². The molecule has 0 aliphatic carbocycles. The molecule has 11 heteroatoms. The minimum Gasteiger partial charge on any atom is -0.404 e. The van der Waals surface area contributed by atoms with Gasteiger partial charge in [0.2, 0.25) is 0 Å². The van der Waals surface area contributed by atoms with Crippen LogP contribution in [-0.2, 0) is 0 Å². The summed E-state index contributed by atoms with van der Waals surface area (Å²) in [5, 5.41) is 9.08. The van der Waals surface area contributed by atoms with Crippen LogP contribution < -0.4 is 5.73 Å². The third-order valence-corrected chi connectivity index (χ3v) is 8.56. The zero-order valence-corrected chi connectivity index (χ0v) is 22.5. The van der Waals surface area contributed by atoms with Crippen LogP contribution in [0.5, 0.6) is 0 Å². The van der Waals surface area contributed by atoms with E-state index in [0.717, 1.165) is 54.0 Å². The maximum atomic E-state index is 6.03. The van der Waals surface area contributed by atoms with Crippen LogP contribution in [0.4, 0.5) is 0 Å². The van der Waals surface area contributed by atoms with E-state index in [9.17, 15) is 0 Å². The van der Waals surface area contributed by atoms with Gasteiger partial charge in [0.1, 0.15) is 8.37 Å². The van der Waals surface area contributed by atoms with Crippen LogP contribution in [-0.4, -0.2) is 91.9 Å². The van der Waals surface area contributed by atoms with Crippen molar-refractivity contribution in [2.45, 2.75) is 38.8 Å². The molecule has 35 heavy (non-hydrogen) atoms. The van der Waals surface area contributed by atoms with Crippen molar-refractivity contribution in [2.24, 2.45) is 10.7 Å². The SMILES string of the molecule is CCC(CC)n1cc(-c2nc(C(C=NC3CN(P(N(C)C)N(C)C)C3)=CN)cn3nccc23)cn1. The van der Waals surface area contributed by atoms with Gasteiger partial charge in [-0.2, -0.15) is 10.2 Å². The van der Waals surface area contributed by atoms with Crippen molar-refractivity contribution in [1.29, 1.82) is 0 Å². The lowest BCUT2D eigenvalue weighted by Crippen LogP contribution is -2.50. The van der Waals surface area contributed by atoms with E-state index in [0.29, 0.717) is 6.04 Å². The molecule has 10 nitrogen and oxygen atoms in total. The number of aromatic nitrogens is 5. The largest absolute Gasteiger partial charge is 0.404 e. The Balaban J connectivity index is 1.56. The van der Waals surface area contributed by atoms with Crippen LogP contribution in [0, 0.1) is 0 Å². The molecule has 4 rings (SSSR count). The molecule has 3 aromatic heterocycles. The fourth-order valence-corrected chi connectivity index (χ4v) is 6.92. The fourth-order valence-electron chi connectivity index (χ4n) is 4.52. The lowest BCUT2D eigenvalue weighted by atomic mass is 10.1. The van der Waals surface area contributed by atoms with Gasteiger partial charge in [-0.25, -0.2) is 9.50 Å². The molecule has 0 aromatic carbocycles. The molecule has 4 heterocycles. The molecular formula is C24H37N10P. The molecule has 2 N–H and O–H groups in total. The van der Waals surface area contributed by atoms with Gasteiger partial charge in [0.05, 0.1) is 47.6 Å². The average molecular weight is 497 g/mol. The maximum absolute atomic E-state index is 6.03. The van der Waals surface area contributed by atoms with E-state index in [1.165, 1.54) is 0 Å². The molecule has 0 bridgehead atoms. The summed E-state index contributed by atoms with van der Waals surface area (Å²) in [6.07, 6.45) is 13.1. The molecule has 1 aliphatic heterocycles. The second-order valence-corrected chi connectivity index (χ2v) is 11.9. The summed E-state index contributed by atoms with van der Waals surface area (Å²) in [5.74, 6) is 0. The maximum Gasteiger partial charge on any atom is 0.119 e. The Kier molecular flexibility index (Phi) is 7.96. The summed E-state index contributed by atoms with van der Waals surface area (Å²) >= 11 is 0. The molecule has 0 unspecified atom stereocenters. The van der Waals surface area contributed by atoms with Crippen LogP contribution in [0.3, 0.4) is 0 Å². The summed E-state index contributed by atoms with van der Waals surface area (Å²) in [7, 11) is 8.05. The van der Waals surface area contributed by atoms with Crippen molar-refractivity contribution >= 4 is 25.7 Å². The second kappa shape index (κ2) is 11.0. The lowest BCUT2D eigenvalue weighted by molar-refractivity contribution is 0.257. The Morgan fingerprint density at radius 2 is 1.89 bits per heavy atom. The normalized spacial score (nSPS) is 16.1. The number of fused-ring (bicyclic) bond motifs is 1. The van der Waals surface area contributed by atoms with Gasteiger partial charge in [0, 0.05) is 42.8 Å². The molecule has 0 atom stereocenters. The number of aliphatic imine (C=N–C) groups is 1. The van der Waals surface area contributed by atoms with Gasteiger partial charge < -0.3 is 5.73 Å². The predicted molar refractivity (Wildman–Crippen MR) is 144 cm³/mol. The van der Waals surface area contributed by atoms with Gasteiger partial charge in [0.15, 0.2) is 0 Å². The molecule has 1 fully saturated rings. The van der Waals surface area contributed by atoms with E-state index < -0.39 is 8.37 Å². The topological polar surface area (TPSA) is 96.1 Å². The number of hydrogen-bond donors (Lipinski definition) is 1. The summed E-state index contributed by atoms with van der Waals surface area (Å²) < 4.78 is 10.9. The van der Waals surface area contributed by atoms with E-state index in [-0.39, 0.29) is 6.04 Å². The highest BCUT2D eigenvalue weighted by atomic mass is 31.2. The monoisotopic (exact) mass is 496 g/mol. The Labute approximate surface area is 209 Å². The van der Waals surface area contributed by atoms with Crippen molar-refractivity contribution in [2.75, 3.05) is 41.3 Å². The molecule has 0 spiro atoms. The Hall–Kier alpha value is -2.65. The molecule has 1 saturated heterocycles. The second-order valence-electron chi connectivity index (χ2n) is 9.20. The first-order chi connectivity index (χ1) is 16.9. The van der Waals surface area contributed by atoms with Crippen LogP contribution in [0.1, 0.15) is 38.4 Å². The molecule has 188 valence electrons. The van der Waals surface area contributed by atoms with E-state index >= 15 is 0 Å². The first kappa shape index (κ1) is 25.4. The zero-order valence-electron chi connectivity index (χ0n) is 21.6. The van der Waals surface area contributed by atoms with Crippen molar-refractivity contribution in [1.82, 2.24) is 38.4 Å². The van der Waals surface area contributed by atoms with Gasteiger partial charge in [-0.15, -0.1) is 0 Å². The Bertz CT molecular complexity index is 1180. The van der Waals surface area contributed by atoms with Crippen LogP contribution in [0.15, 0.2) is 42.0 Å². The van der Waals surface area contributed by atoms with Gasteiger partial charge in [0.25, 0.3) is 0 Å². The third-order valence-electron chi connectivity index (χ3n) is 6.29. The van der Waals surface area contributed by atoms with E-state index in [2.05, 4.69) is 72.4 Å². The first-order valence-corrected chi connectivity index (χ1v) is 13.3. The van der Waals surface area contributed by atoms with Crippen LogP contribution >= 0.6 is 8.37 Å². The van der Waals surface area contributed by atoms with Crippen LogP contribution in [0.25, 0.3) is 22.3 Å². The van der Waals surface area contributed by atoms with Gasteiger partial charge in [-0.05, 0) is 47.1 Å². The van der Waals surface area contributed by atoms with E-state index in [1.54, 1.807) is 12.4 Å².